The van der Waals surface area contributed by atoms with Gasteiger partial charge in [-0.2, -0.15) is 0 Å². The molecule has 0 aliphatic heterocycles. The molecule has 2 aromatic rings. The molecule has 5 nitrogen and oxygen atoms in total. The van der Waals surface area contributed by atoms with E-state index in [-0.39, 0.29) is 17.6 Å². The van der Waals surface area contributed by atoms with Gasteiger partial charge in [-0.1, -0.05) is 35.3 Å². The Kier molecular flexibility index (Phi) is 4.45. The van der Waals surface area contributed by atoms with Crippen LogP contribution < -0.4 is 11.1 Å². The van der Waals surface area contributed by atoms with E-state index >= 15 is 0 Å². The highest BCUT2D eigenvalue weighted by Crippen LogP contribution is 2.26. The quantitative estimate of drug-likeness (QED) is 0.908. The molecule has 0 radical (unpaired) electrons. The molecule has 0 spiro atoms. The maximum Gasteiger partial charge on any atom is 0.273 e. The number of rotatable bonds is 4. The van der Waals surface area contributed by atoms with Gasteiger partial charge in [0.25, 0.3) is 5.91 Å². The molecule has 0 bridgehead atoms. The smallest absolute Gasteiger partial charge is 0.273 e. The number of amides is 1. The first-order valence-electron chi connectivity index (χ1n) is 7.41. The van der Waals surface area contributed by atoms with Crippen LogP contribution in [0.2, 0.25) is 5.02 Å². The van der Waals surface area contributed by atoms with E-state index in [1.807, 2.05) is 12.1 Å². The number of hydrogen-bond donors (Lipinski definition) is 2. The Hall–Kier alpha value is -1.85. The molecule has 3 N–H and O–H groups in total. The van der Waals surface area contributed by atoms with E-state index in [9.17, 15) is 4.79 Å². The van der Waals surface area contributed by atoms with Crippen molar-refractivity contribution >= 4 is 17.5 Å². The number of halogens is 1. The van der Waals surface area contributed by atoms with Gasteiger partial charge in [-0.25, -0.2) is 0 Å². The number of carbonyl (C=O) groups is 1. The second-order valence-electron chi connectivity index (χ2n) is 5.59. The minimum atomic E-state index is -0.220. The molecule has 0 saturated heterocycles. The lowest BCUT2D eigenvalue weighted by Gasteiger charge is -2.18. The van der Waals surface area contributed by atoms with E-state index in [2.05, 4.69) is 10.5 Å². The van der Waals surface area contributed by atoms with E-state index in [1.54, 1.807) is 18.2 Å². The van der Waals surface area contributed by atoms with Crippen molar-refractivity contribution in [2.45, 2.75) is 25.3 Å². The third-order valence-electron chi connectivity index (χ3n) is 4.13. The third kappa shape index (κ3) is 3.15. The molecule has 22 heavy (non-hydrogen) atoms. The molecule has 1 saturated carbocycles. The normalized spacial score (nSPS) is 21.0. The number of aromatic nitrogens is 1. The number of benzene rings is 1. The van der Waals surface area contributed by atoms with Crippen LogP contribution >= 0.6 is 11.6 Å². The first kappa shape index (κ1) is 15.1. The standard InChI is InChI=1S/C16H18ClN3O2/c17-12-5-1-3-10(7-12)15-8-14(20-22-15)16(21)19-13-6-2-4-11(13)9-18/h1,3,5,7-8,11,13H,2,4,6,9,18H2,(H,19,21). The lowest BCUT2D eigenvalue weighted by molar-refractivity contribution is 0.0919. The van der Waals surface area contributed by atoms with Crippen molar-refractivity contribution in [3.63, 3.8) is 0 Å². The molecule has 1 aliphatic rings. The predicted octanol–water partition coefficient (Wildman–Crippen LogP) is 2.85. The molecule has 1 amide bonds. The summed E-state index contributed by atoms with van der Waals surface area (Å²) in [6, 6.07) is 8.99. The van der Waals surface area contributed by atoms with Crippen molar-refractivity contribution in [1.29, 1.82) is 0 Å². The lowest BCUT2D eigenvalue weighted by atomic mass is 10.0. The highest BCUT2D eigenvalue weighted by atomic mass is 35.5. The first-order chi connectivity index (χ1) is 10.7. The van der Waals surface area contributed by atoms with Gasteiger partial charge in [0.2, 0.25) is 0 Å². The molecular weight excluding hydrogens is 302 g/mol. The van der Waals surface area contributed by atoms with Gasteiger partial charge in [-0.15, -0.1) is 0 Å². The summed E-state index contributed by atoms with van der Waals surface area (Å²) in [7, 11) is 0. The fourth-order valence-electron chi connectivity index (χ4n) is 2.91. The predicted molar refractivity (Wildman–Crippen MR) is 84.6 cm³/mol. The maximum atomic E-state index is 12.3. The third-order valence-corrected chi connectivity index (χ3v) is 4.37. The second-order valence-corrected chi connectivity index (χ2v) is 6.03. The van der Waals surface area contributed by atoms with Gasteiger partial charge in [0, 0.05) is 22.7 Å². The monoisotopic (exact) mass is 319 g/mol. The molecule has 2 unspecified atom stereocenters. The van der Waals surface area contributed by atoms with Gasteiger partial charge in [0.15, 0.2) is 11.5 Å². The summed E-state index contributed by atoms with van der Waals surface area (Å²) in [6.45, 7) is 0.595. The zero-order valence-electron chi connectivity index (χ0n) is 12.1. The summed E-state index contributed by atoms with van der Waals surface area (Å²) >= 11 is 5.96. The van der Waals surface area contributed by atoms with Crippen LogP contribution in [0, 0.1) is 5.92 Å². The minimum absolute atomic E-state index is 0.129. The van der Waals surface area contributed by atoms with Crippen LogP contribution in [0.3, 0.4) is 0 Å². The van der Waals surface area contributed by atoms with E-state index < -0.39 is 0 Å². The van der Waals surface area contributed by atoms with Crippen LogP contribution in [-0.2, 0) is 0 Å². The average Bonchev–Trinajstić information content (AvgIpc) is 3.16. The molecule has 1 heterocycles. The fourth-order valence-corrected chi connectivity index (χ4v) is 3.10. The second kappa shape index (κ2) is 6.50. The maximum absolute atomic E-state index is 12.3. The number of nitrogens with one attached hydrogen (secondary N) is 1. The molecular formula is C16H18ClN3O2. The SMILES string of the molecule is NCC1CCCC1NC(=O)c1cc(-c2cccc(Cl)c2)on1. The highest BCUT2D eigenvalue weighted by molar-refractivity contribution is 6.30. The largest absolute Gasteiger partial charge is 0.355 e. The number of nitrogens with zero attached hydrogens (tertiary/aromatic N) is 1. The zero-order valence-corrected chi connectivity index (χ0v) is 12.8. The fraction of sp³-hybridized carbons (Fsp3) is 0.375. The van der Waals surface area contributed by atoms with Crippen LogP contribution in [0.1, 0.15) is 29.8 Å². The van der Waals surface area contributed by atoms with E-state index in [0.29, 0.717) is 23.2 Å². The molecule has 3 rings (SSSR count). The Labute approximate surface area is 133 Å². The summed E-state index contributed by atoms with van der Waals surface area (Å²) in [4.78, 5) is 12.3. The molecule has 1 aliphatic carbocycles. The highest BCUT2D eigenvalue weighted by Gasteiger charge is 2.28. The van der Waals surface area contributed by atoms with Crippen molar-refractivity contribution in [2.75, 3.05) is 6.54 Å². The van der Waals surface area contributed by atoms with Crippen LogP contribution in [0.5, 0.6) is 0 Å². The molecule has 2 atom stereocenters. The summed E-state index contributed by atoms with van der Waals surface area (Å²) in [6.07, 6.45) is 3.13. The Morgan fingerprint density at radius 1 is 1.41 bits per heavy atom. The van der Waals surface area contributed by atoms with Crippen molar-refractivity contribution in [2.24, 2.45) is 11.7 Å². The lowest BCUT2D eigenvalue weighted by Crippen LogP contribution is -2.39. The summed E-state index contributed by atoms with van der Waals surface area (Å²) in [5.41, 5.74) is 6.80. The van der Waals surface area contributed by atoms with Gasteiger partial charge < -0.3 is 15.6 Å². The van der Waals surface area contributed by atoms with Crippen LogP contribution in [0.25, 0.3) is 11.3 Å². The van der Waals surface area contributed by atoms with Crippen molar-refractivity contribution in [3.8, 4) is 11.3 Å². The van der Waals surface area contributed by atoms with E-state index in [1.165, 1.54) is 0 Å². The molecule has 1 aromatic carbocycles. The van der Waals surface area contributed by atoms with Crippen LogP contribution in [-0.4, -0.2) is 23.7 Å². The van der Waals surface area contributed by atoms with Crippen LogP contribution in [0.4, 0.5) is 0 Å². The van der Waals surface area contributed by atoms with E-state index in [4.69, 9.17) is 21.9 Å². The van der Waals surface area contributed by atoms with Crippen molar-refractivity contribution in [3.05, 3.63) is 41.0 Å². The zero-order chi connectivity index (χ0) is 15.5. The summed E-state index contributed by atoms with van der Waals surface area (Å²) in [5, 5.41) is 7.47. The molecule has 1 aromatic heterocycles. The van der Waals surface area contributed by atoms with Crippen molar-refractivity contribution < 1.29 is 9.32 Å². The van der Waals surface area contributed by atoms with Gasteiger partial charge in [0.1, 0.15) is 0 Å². The molecule has 116 valence electrons. The first-order valence-corrected chi connectivity index (χ1v) is 7.79. The van der Waals surface area contributed by atoms with Crippen molar-refractivity contribution in [1.82, 2.24) is 10.5 Å². The Bertz CT molecular complexity index is 671. The number of hydrogen-bond acceptors (Lipinski definition) is 4. The number of carbonyl (C=O) groups excluding carboxylic acids is 1. The topological polar surface area (TPSA) is 81.1 Å². The van der Waals surface area contributed by atoms with Gasteiger partial charge in [-0.05, 0) is 37.4 Å². The molecule has 1 fully saturated rings. The van der Waals surface area contributed by atoms with Crippen LogP contribution in [0.15, 0.2) is 34.9 Å². The minimum Gasteiger partial charge on any atom is -0.355 e. The Morgan fingerprint density at radius 3 is 3.05 bits per heavy atom. The Morgan fingerprint density at radius 2 is 2.27 bits per heavy atom. The summed E-state index contributed by atoms with van der Waals surface area (Å²) in [5.74, 6) is 0.653. The Balaban J connectivity index is 1.72. The van der Waals surface area contributed by atoms with Gasteiger partial charge in [0.05, 0.1) is 0 Å². The summed E-state index contributed by atoms with van der Waals surface area (Å²) < 4.78 is 5.25. The van der Waals surface area contributed by atoms with E-state index in [0.717, 1.165) is 24.8 Å². The molecule has 6 heteroatoms. The van der Waals surface area contributed by atoms with Gasteiger partial charge >= 0.3 is 0 Å². The average molecular weight is 320 g/mol. The number of nitrogens with two attached hydrogens (primary N) is 1. The van der Waals surface area contributed by atoms with Gasteiger partial charge in [-0.3, -0.25) is 4.79 Å².